The number of aromatic nitrogens is 2. The zero-order chi connectivity index (χ0) is 15.4. The molecule has 112 valence electrons. The Labute approximate surface area is 127 Å². The van der Waals surface area contributed by atoms with Gasteiger partial charge in [-0.2, -0.15) is 0 Å². The van der Waals surface area contributed by atoms with E-state index in [0.717, 1.165) is 5.01 Å². The molecule has 0 saturated heterocycles. The van der Waals surface area contributed by atoms with Gasteiger partial charge in [0.15, 0.2) is 11.5 Å². The highest BCUT2D eigenvalue weighted by molar-refractivity contribution is 7.15. The van der Waals surface area contributed by atoms with E-state index in [4.69, 9.17) is 9.47 Å². The Morgan fingerprint density at radius 2 is 2.00 bits per heavy atom. The van der Waals surface area contributed by atoms with Crippen LogP contribution in [0.15, 0.2) is 18.2 Å². The van der Waals surface area contributed by atoms with Gasteiger partial charge in [-0.15, -0.1) is 10.2 Å². The molecule has 1 N–H and O–H groups in total. The van der Waals surface area contributed by atoms with E-state index in [1.54, 1.807) is 18.2 Å². The Bertz CT molecular complexity index is 640. The zero-order valence-electron chi connectivity index (χ0n) is 12.3. The molecule has 6 nitrogen and oxygen atoms in total. The molecule has 1 aromatic carbocycles. The van der Waals surface area contributed by atoms with Gasteiger partial charge in [-0.1, -0.05) is 31.3 Å². The van der Waals surface area contributed by atoms with Gasteiger partial charge < -0.3 is 9.47 Å². The van der Waals surface area contributed by atoms with Gasteiger partial charge >= 0.3 is 0 Å². The van der Waals surface area contributed by atoms with Crippen LogP contribution in [0.5, 0.6) is 11.5 Å². The van der Waals surface area contributed by atoms with Crippen LogP contribution in [0.2, 0.25) is 0 Å². The number of carbonyl (C=O) groups excluding carboxylic acids is 1. The predicted molar refractivity (Wildman–Crippen MR) is 81.5 cm³/mol. The second kappa shape index (κ2) is 6.53. The Balaban J connectivity index is 2.23. The minimum Gasteiger partial charge on any atom is -0.493 e. The topological polar surface area (TPSA) is 73.3 Å². The molecule has 0 saturated carbocycles. The van der Waals surface area contributed by atoms with Crippen LogP contribution in [0.3, 0.4) is 0 Å². The Morgan fingerprint density at radius 1 is 1.24 bits per heavy atom. The summed E-state index contributed by atoms with van der Waals surface area (Å²) in [4.78, 5) is 12.3. The first-order chi connectivity index (χ1) is 10.1. The van der Waals surface area contributed by atoms with E-state index >= 15 is 0 Å². The first-order valence-electron chi connectivity index (χ1n) is 6.42. The number of amides is 1. The van der Waals surface area contributed by atoms with Crippen molar-refractivity contribution in [2.24, 2.45) is 0 Å². The standard InChI is InChI=1S/C14H17N3O3S/c1-8(2)13-16-17-14(21-13)15-12(18)9-6-5-7-10(19-3)11(9)20-4/h5-8H,1-4H3,(H,15,17,18). The fourth-order valence-electron chi connectivity index (χ4n) is 1.75. The molecule has 0 aliphatic rings. The highest BCUT2D eigenvalue weighted by Crippen LogP contribution is 2.31. The van der Waals surface area contributed by atoms with Gasteiger partial charge in [-0.05, 0) is 12.1 Å². The zero-order valence-corrected chi connectivity index (χ0v) is 13.2. The van der Waals surface area contributed by atoms with Crippen LogP contribution in [0.25, 0.3) is 0 Å². The summed E-state index contributed by atoms with van der Waals surface area (Å²) >= 11 is 1.36. The van der Waals surface area contributed by atoms with Crippen molar-refractivity contribution in [1.82, 2.24) is 10.2 Å². The summed E-state index contributed by atoms with van der Waals surface area (Å²) in [6.45, 7) is 4.05. The van der Waals surface area contributed by atoms with Gasteiger partial charge in [0.25, 0.3) is 5.91 Å². The largest absolute Gasteiger partial charge is 0.493 e. The van der Waals surface area contributed by atoms with Crippen LogP contribution in [-0.2, 0) is 0 Å². The third-order valence-electron chi connectivity index (χ3n) is 2.80. The second-order valence-corrected chi connectivity index (χ2v) is 5.60. The first-order valence-corrected chi connectivity index (χ1v) is 7.24. The van der Waals surface area contributed by atoms with Crippen molar-refractivity contribution in [3.8, 4) is 11.5 Å². The minimum atomic E-state index is -0.308. The molecule has 0 radical (unpaired) electrons. The molecule has 0 spiro atoms. The summed E-state index contributed by atoms with van der Waals surface area (Å²) in [6, 6.07) is 5.13. The highest BCUT2D eigenvalue weighted by atomic mass is 32.1. The van der Waals surface area contributed by atoms with Gasteiger partial charge in [0.2, 0.25) is 5.13 Å². The Hall–Kier alpha value is -2.15. The molecule has 0 atom stereocenters. The third kappa shape index (κ3) is 3.30. The summed E-state index contributed by atoms with van der Waals surface area (Å²) < 4.78 is 10.4. The molecule has 2 rings (SSSR count). The molecule has 2 aromatic rings. The lowest BCUT2D eigenvalue weighted by Crippen LogP contribution is -2.13. The van der Waals surface area contributed by atoms with E-state index in [-0.39, 0.29) is 11.8 Å². The molecule has 21 heavy (non-hydrogen) atoms. The van der Waals surface area contributed by atoms with Crippen LogP contribution in [0.1, 0.15) is 35.1 Å². The molecular weight excluding hydrogens is 290 g/mol. The Kier molecular flexibility index (Phi) is 4.74. The SMILES string of the molecule is COc1cccc(C(=O)Nc2nnc(C(C)C)s2)c1OC. The van der Waals surface area contributed by atoms with Gasteiger partial charge in [0.05, 0.1) is 19.8 Å². The van der Waals surface area contributed by atoms with Crippen molar-refractivity contribution in [1.29, 1.82) is 0 Å². The molecule has 0 unspecified atom stereocenters. The number of para-hydroxylation sites is 1. The van der Waals surface area contributed by atoms with Crippen LogP contribution >= 0.6 is 11.3 Å². The maximum absolute atomic E-state index is 12.3. The number of nitrogens with one attached hydrogen (secondary N) is 1. The number of hydrogen-bond acceptors (Lipinski definition) is 6. The maximum Gasteiger partial charge on any atom is 0.261 e. The van der Waals surface area contributed by atoms with E-state index in [2.05, 4.69) is 15.5 Å². The lowest BCUT2D eigenvalue weighted by molar-refractivity contribution is 0.102. The Morgan fingerprint density at radius 3 is 2.57 bits per heavy atom. The molecule has 1 heterocycles. The summed E-state index contributed by atoms with van der Waals surface area (Å²) in [5, 5.41) is 12.1. The summed E-state index contributed by atoms with van der Waals surface area (Å²) in [5.41, 5.74) is 0.387. The monoisotopic (exact) mass is 307 g/mol. The van der Waals surface area contributed by atoms with Crippen molar-refractivity contribution < 1.29 is 14.3 Å². The molecule has 7 heteroatoms. The van der Waals surface area contributed by atoms with E-state index in [9.17, 15) is 4.79 Å². The fraction of sp³-hybridized carbons (Fsp3) is 0.357. The van der Waals surface area contributed by atoms with E-state index in [1.807, 2.05) is 13.8 Å². The van der Waals surface area contributed by atoms with Crippen molar-refractivity contribution in [3.05, 3.63) is 28.8 Å². The van der Waals surface area contributed by atoms with Crippen molar-refractivity contribution >= 4 is 22.4 Å². The number of nitrogens with zero attached hydrogens (tertiary/aromatic N) is 2. The lowest BCUT2D eigenvalue weighted by atomic mass is 10.1. The quantitative estimate of drug-likeness (QED) is 0.919. The fourth-order valence-corrected chi connectivity index (χ4v) is 2.49. The summed E-state index contributed by atoms with van der Waals surface area (Å²) in [6.07, 6.45) is 0. The van der Waals surface area contributed by atoms with Crippen LogP contribution in [-0.4, -0.2) is 30.3 Å². The number of carbonyl (C=O) groups is 1. The highest BCUT2D eigenvalue weighted by Gasteiger charge is 2.18. The van der Waals surface area contributed by atoms with Gasteiger partial charge in [-0.3, -0.25) is 10.1 Å². The van der Waals surface area contributed by atoms with Gasteiger partial charge in [0, 0.05) is 5.92 Å². The average Bonchev–Trinajstić information content (AvgIpc) is 2.94. The number of anilines is 1. The molecule has 0 bridgehead atoms. The molecule has 0 aliphatic carbocycles. The molecule has 0 aliphatic heterocycles. The van der Waals surface area contributed by atoms with Crippen LogP contribution < -0.4 is 14.8 Å². The lowest BCUT2D eigenvalue weighted by Gasteiger charge is -2.11. The number of methoxy groups -OCH3 is 2. The van der Waals surface area contributed by atoms with E-state index in [0.29, 0.717) is 22.2 Å². The third-order valence-corrected chi connectivity index (χ3v) is 3.94. The van der Waals surface area contributed by atoms with Gasteiger partial charge in [-0.25, -0.2) is 0 Å². The number of benzene rings is 1. The van der Waals surface area contributed by atoms with E-state index in [1.165, 1.54) is 25.6 Å². The summed E-state index contributed by atoms with van der Waals surface area (Å²) in [5.74, 6) is 0.869. The van der Waals surface area contributed by atoms with Crippen LogP contribution in [0.4, 0.5) is 5.13 Å². The first kappa shape index (κ1) is 15.2. The molecule has 0 fully saturated rings. The average molecular weight is 307 g/mol. The molecule has 1 aromatic heterocycles. The maximum atomic E-state index is 12.3. The second-order valence-electron chi connectivity index (χ2n) is 4.60. The van der Waals surface area contributed by atoms with Crippen molar-refractivity contribution in [2.45, 2.75) is 19.8 Å². The minimum absolute atomic E-state index is 0.277. The number of rotatable bonds is 5. The normalized spacial score (nSPS) is 10.5. The van der Waals surface area contributed by atoms with Crippen LogP contribution in [0, 0.1) is 0 Å². The van der Waals surface area contributed by atoms with Gasteiger partial charge in [0.1, 0.15) is 5.01 Å². The smallest absolute Gasteiger partial charge is 0.261 e. The number of hydrogen-bond donors (Lipinski definition) is 1. The van der Waals surface area contributed by atoms with Crippen molar-refractivity contribution in [2.75, 3.05) is 19.5 Å². The molecular formula is C14H17N3O3S. The molecule has 1 amide bonds. The number of ether oxygens (including phenoxy) is 2. The van der Waals surface area contributed by atoms with E-state index < -0.39 is 0 Å². The summed E-state index contributed by atoms with van der Waals surface area (Å²) in [7, 11) is 3.02. The predicted octanol–water partition coefficient (Wildman–Crippen LogP) is 2.93. The van der Waals surface area contributed by atoms with Crippen molar-refractivity contribution in [3.63, 3.8) is 0 Å².